The van der Waals surface area contributed by atoms with Crippen molar-refractivity contribution in [2.45, 2.75) is 5.54 Å². The van der Waals surface area contributed by atoms with Gasteiger partial charge in [-0.2, -0.15) is 0 Å². The number of nitrogens with one attached hydrogen (secondary N) is 1. The van der Waals surface area contributed by atoms with Gasteiger partial charge in [-0.15, -0.1) is 5.48 Å². The van der Waals surface area contributed by atoms with Gasteiger partial charge >= 0.3 is 0 Å². The van der Waals surface area contributed by atoms with Crippen molar-refractivity contribution in [1.82, 2.24) is 5.48 Å². The Hall–Kier alpha value is -2.02. The molecule has 1 heterocycles. The van der Waals surface area contributed by atoms with Crippen molar-refractivity contribution in [2.24, 2.45) is 0 Å². The zero-order valence-corrected chi connectivity index (χ0v) is 12.4. The van der Waals surface area contributed by atoms with Gasteiger partial charge < -0.3 is 9.94 Å². The quantitative estimate of drug-likeness (QED) is 0.897. The van der Waals surface area contributed by atoms with Gasteiger partial charge in [0, 0.05) is 16.7 Å². The Labute approximate surface area is 134 Å². The Balaban J connectivity index is 2.06. The van der Waals surface area contributed by atoms with Gasteiger partial charge in [-0.1, -0.05) is 17.7 Å². The van der Waals surface area contributed by atoms with E-state index in [4.69, 9.17) is 16.4 Å². The smallest absolute Gasteiger partial charge is 0.155 e. The lowest BCUT2D eigenvalue weighted by Gasteiger charge is -2.24. The summed E-state index contributed by atoms with van der Waals surface area (Å²) in [6, 6.07) is 6.93. The van der Waals surface area contributed by atoms with Gasteiger partial charge in [0.1, 0.15) is 23.0 Å². The van der Waals surface area contributed by atoms with Crippen molar-refractivity contribution in [1.29, 1.82) is 0 Å². The molecule has 3 nitrogen and oxygen atoms in total. The minimum absolute atomic E-state index is 0.0106. The van der Waals surface area contributed by atoms with Gasteiger partial charge in [0.15, 0.2) is 5.76 Å². The number of rotatable bonds is 3. The number of aliphatic hydroxyl groups excluding tert-OH is 1. The molecule has 1 aliphatic rings. The first-order chi connectivity index (χ1) is 10.9. The van der Waals surface area contributed by atoms with Crippen LogP contribution in [0.15, 0.2) is 42.5 Å². The monoisotopic (exact) mass is 341 g/mol. The van der Waals surface area contributed by atoms with Crippen LogP contribution in [0.3, 0.4) is 0 Å². The van der Waals surface area contributed by atoms with Crippen LogP contribution in [-0.2, 0) is 10.4 Å². The highest BCUT2D eigenvalue weighted by Crippen LogP contribution is 2.36. The molecule has 0 aromatic heterocycles. The molecule has 0 aliphatic carbocycles. The molecule has 2 N–H and O–H groups in total. The summed E-state index contributed by atoms with van der Waals surface area (Å²) in [6.45, 7) is -0.544. The summed E-state index contributed by atoms with van der Waals surface area (Å²) in [6.07, 6.45) is 1.34. The van der Waals surface area contributed by atoms with Crippen molar-refractivity contribution < 1.29 is 23.1 Å². The normalized spacial score (nSPS) is 20.3. The molecule has 2 aromatic carbocycles. The average molecular weight is 342 g/mol. The molecule has 0 fully saturated rings. The molecule has 120 valence electrons. The number of hydrogen-bond acceptors (Lipinski definition) is 3. The lowest BCUT2D eigenvalue weighted by Crippen LogP contribution is -2.40. The molecule has 3 rings (SSSR count). The molecule has 2 aromatic rings. The van der Waals surface area contributed by atoms with E-state index in [0.29, 0.717) is 6.07 Å². The van der Waals surface area contributed by atoms with Gasteiger partial charge in [0.05, 0.1) is 12.2 Å². The van der Waals surface area contributed by atoms with E-state index in [1.165, 1.54) is 24.3 Å². The van der Waals surface area contributed by atoms with Crippen LogP contribution in [0.4, 0.5) is 13.2 Å². The summed E-state index contributed by atoms with van der Waals surface area (Å²) in [5.74, 6) is -2.19. The van der Waals surface area contributed by atoms with Crippen LogP contribution in [0.2, 0.25) is 5.02 Å². The number of hydrogen-bond donors (Lipinski definition) is 2. The maximum Gasteiger partial charge on any atom is 0.155 e. The summed E-state index contributed by atoms with van der Waals surface area (Å²) in [4.78, 5) is 5.20. The summed E-state index contributed by atoms with van der Waals surface area (Å²) in [5.41, 5.74) is 1.18. The highest BCUT2D eigenvalue weighted by atomic mass is 35.5. The van der Waals surface area contributed by atoms with Crippen LogP contribution in [-0.4, -0.2) is 11.7 Å². The second-order valence-corrected chi connectivity index (χ2v) is 5.53. The van der Waals surface area contributed by atoms with Crippen LogP contribution in [0.1, 0.15) is 11.1 Å². The molecule has 0 saturated heterocycles. The second-order valence-electron chi connectivity index (χ2n) is 5.09. The first-order valence-corrected chi connectivity index (χ1v) is 7.02. The predicted molar refractivity (Wildman–Crippen MR) is 78.7 cm³/mol. The van der Waals surface area contributed by atoms with Gasteiger partial charge in [0.25, 0.3) is 0 Å². The third-order valence-electron chi connectivity index (χ3n) is 3.58. The molecule has 0 saturated carbocycles. The fourth-order valence-corrected chi connectivity index (χ4v) is 2.56. The van der Waals surface area contributed by atoms with Crippen LogP contribution in [0.5, 0.6) is 0 Å². The van der Waals surface area contributed by atoms with Crippen molar-refractivity contribution in [3.05, 3.63) is 76.1 Å². The fraction of sp³-hybridized carbons (Fsp3) is 0.125. The van der Waals surface area contributed by atoms with Gasteiger partial charge in [0.2, 0.25) is 0 Å². The molecular weight excluding hydrogens is 331 g/mol. The number of halogens is 4. The first-order valence-electron chi connectivity index (χ1n) is 6.64. The first kappa shape index (κ1) is 15.9. The van der Waals surface area contributed by atoms with E-state index in [1.54, 1.807) is 0 Å². The van der Waals surface area contributed by atoms with Crippen LogP contribution in [0, 0.1) is 17.5 Å². The van der Waals surface area contributed by atoms with Crippen molar-refractivity contribution in [3.63, 3.8) is 0 Å². The van der Waals surface area contributed by atoms with Gasteiger partial charge in [-0.3, -0.25) is 0 Å². The Bertz CT molecular complexity index is 797. The lowest BCUT2D eigenvalue weighted by atomic mass is 9.90. The minimum Gasteiger partial charge on any atom is -0.407 e. The van der Waals surface area contributed by atoms with E-state index in [-0.39, 0.29) is 21.9 Å². The summed E-state index contributed by atoms with van der Waals surface area (Å²) in [7, 11) is 0. The molecule has 1 aliphatic heterocycles. The maximum absolute atomic E-state index is 14.2. The molecule has 0 amide bonds. The third kappa shape index (κ3) is 2.81. The Morgan fingerprint density at radius 3 is 2.52 bits per heavy atom. The Kier molecular flexibility index (Phi) is 4.06. The maximum atomic E-state index is 14.2. The van der Waals surface area contributed by atoms with Crippen LogP contribution >= 0.6 is 11.6 Å². The minimum atomic E-state index is -1.40. The number of aliphatic hydroxyl groups is 1. The average Bonchev–Trinajstić information content (AvgIpc) is 2.92. The topological polar surface area (TPSA) is 41.5 Å². The molecule has 0 spiro atoms. The third-order valence-corrected chi connectivity index (χ3v) is 3.81. The van der Waals surface area contributed by atoms with E-state index in [2.05, 4.69) is 5.48 Å². The predicted octanol–water partition coefficient (Wildman–Crippen LogP) is 3.52. The molecule has 7 heteroatoms. The molecule has 0 bridgehead atoms. The van der Waals surface area contributed by atoms with Crippen molar-refractivity contribution in [2.75, 3.05) is 6.61 Å². The summed E-state index contributed by atoms with van der Waals surface area (Å²) in [5, 5.41) is 9.90. The van der Waals surface area contributed by atoms with E-state index in [9.17, 15) is 18.3 Å². The van der Waals surface area contributed by atoms with Crippen LogP contribution in [0.25, 0.3) is 5.76 Å². The highest BCUT2D eigenvalue weighted by molar-refractivity contribution is 6.30. The summed E-state index contributed by atoms with van der Waals surface area (Å²) >= 11 is 5.72. The van der Waals surface area contributed by atoms with E-state index >= 15 is 0 Å². The largest absolute Gasteiger partial charge is 0.407 e. The van der Waals surface area contributed by atoms with E-state index in [1.807, 2.05) is 0 Å². The second kappa shape index (κ2) is 5.88. The standard InChI is InChI=1S/C16H11ClF3NO2/c17-9-1-4-12(14(20)5-9)16(8-22)7-15(23-21-16)11-3-2-10(18)6-13(11)19/h1-7,21-22H,8H2/t16-/m1/s1. The zero-order chi connectivity index (χ0) is 16.6. The Morgan fingerprint density at radius 1 is 1.09 bits per heavy atom. The lowest BCUT2D eigenvalue weighted by molar-refractivity contribution is 0.0701. The van der Waals surface area contributed by atoms with Crippen molar-refractivity contribution >= 4 is 17.4 Å². The zero-order valence-electron chi connectivity index (χ0n) is 11.6. The molecule has 0 unspecified atom stereocenters. The molecule has 0 radical (unpaired) electrons. The number of benzene rings is 2. The van der Waals surface area contributed by atoms with Gasteiger partial charge in [-0.05, 0) is 30.3 Å². The van der Waals surface area contributed by atoms with E-state index in [0.717, 1.165) is 12.1 Å². The van der Waals surface area contributed by atoms with E-state index < -0.39 is 29.6 Å². The summed E-state index contributed by atoms with van der Waals surface area (Å²) < 4.78 is 41.0. The SMILES string of the molecule is OC[C@@]1(c2ccc(Cl)cc2F)C=C(c2ccc(F)cc2F)ON1. The van der Waals surface area contributed by atoms with Gasteiger partial charge in [-0.25, -0.2) is 13.2 Å². The molecule has 1 atom stereocenters. The highest BCUT2D eigenvalue weighted by Gasteiger charge is 2.39. The van der Waals surface area contributed by atoms with Crippen molar-refractivity contribution in [3.8, 4) is 0 Å². The Morgan fingerprint density at radius 2 is 1.87 bits per heavy atom. The number of hydroxylamine groups is 1. The van der Waals surface area contributed by atoms with Crippen LogP contribution < -0.4 is 5.48 Å². The molecular formula is C16H11ClF3NO2. The molecule has 23 heavy (non-hydrogen) atoms. The fourth-order valence-electron chi connectivity index (χ4n) is 2.40.